The van der Waals surface area contributed by atoms with Crippen molar-refractivity contribution in [2.75, 3.05) is 33.4 Å². The zero-order valence-corrected chi connectivity index (χ0v) is 39.3. The van der Waals surface area contributed by atoms with Crippen LogP contribution in [0.15, 0.2) is 0 Å². The van der Waals surface area contributed by atoms with Gasteiger partial charge in [0.2, 0.25) is 0 Å². The van der Waals surface area contributed by atoms with E-state index < -0.39 is 32.5 Å². The molecule has 0 saturated carbocycles. The van der Waals surface area contributed by atoms with E-state index in [2.05, 4.69) is 67.6 Å². The Morgan fingerprint density at radius 3 is 1.25 bits per heavy atom. The highest BCUT2D eigenvalue weighted by atomic mass is 31.2. The third-order valence-corrected chi connectivity index (χ3v) is 12.3. The molecule has 0 amide bonds. The van der Waals surface area contributed by atoms with Gasteiger partial charge in [0.1, 0.15) is 6.61 Å². The van der Waals surface area contributed by atoms with Crippen LogP contribution in [0.4, 0.5) is 0 Å². The highest BCUT2D eigenvalue weighted by Crippen LogP contribution is 2.38. The molecule has 0 aliphatic rings. The van der Waals surface area contributed by atoms with E-state index in [-0.39, 0.29) is 37.9 Å². The lowest BCUT2D eigenvalue weighted by molar-refractivity contribution is -0.228. The van der Waals surface area contributed by atoms with Crippen LogP contribution >= 0.6 is 7.82 Å². The first-order valence-electron chi connectivity index (χ1n) is 23.0. The summed E-state index contributed by atoms with van der Waals surface area (Å²) in [7, 11) is -2.94. The minimum absolute atomic E-state index is 0.0845. The van der Waals surface area contributed by atoms with E-state index in [0.29, 0.717) is 18.4 Å². The van der Waals surface area contributed by atoms with Gasteiger partial charge >= 0.3 is 11.9 Å². The second-order valence-electron chi connectivity index (χ2n) is 18.9. The monoisotopic (exact) mass is 817 g/mol. The fourth-order valence-corrected chi connectivity index (χ4v) is 8.16. The van der Waals surface area contributed by atoms with Crippen molar-refractivity contribution in [1.29, 1.82) is 0 Å². The van der Waals surface area contributed by atoms with Gasteiger partial charge < -0.3 is 28.7 Å². The summed E-state index contributed by atoms with van der Waals surface area (Å²) in [6, 6.07) is 0. The SMILES string of the molecule is CNCCOP(=O)([O-])OCC(COC(=O)CC(C)CCCC(C)CCCC(C)CCCC(C)C)OC(=O)CC(C)CCCC(C)CCCC(C)CCCC(C)C. The fourth-order valence-electron chi connectivity index (χ4n) is 7.42. The van der Waals surface area contributed by atoms with Crippen molar-refractivity contribution in [2.24, 2.45) is 47.3 Å². The van der Waals surface area contributed by atoms with Crippen molar-refractivity contribution in [1.82, 2.24) is 5.32 Å². The molecule has 0 aliphatic carbocycles. The van der Waals surface area contributed by atoms with Crippen molar-refractivity contribution in [3.05, 3.63) is 0 Å². The molecule has 0 spiro atoms. The average Bonchev–Trinajstić information content (AvgIpc) is 3.09. The van der Waals surface area contributed by atoms with Crippen LogP contribution in [0, 0.1) is 47.3 Å². The summed E-state index contributed by atoms with van der Waals surface area (Å²) in [5.41, 5.74) is 0. The number of esters is 2. The minimum Gasteiger partial charge on any atom is -0.756 e. The molecule has 0 bridgehead atoms. The Morgan fingerprint density at radius 1 is 0.518 bits per heavy atom. The molecule has 56 heavy (non-hydrogen) atoms. The smallest absolute Gasteiger partial charge is 0.306 e. The van der Waals surface area contributed by atoms with Gasteiger partial charge in [0.05, 0.1) is 13.2 Å². The maximum atomic E-state index is 13.0. The molecule has 0 aliphatic heterocycles. The average molecular weight is 817 g/mol. The van der Waals surface area contributed by atoms with Crippen LogP contribution in [0.5, 0.6) is 0 Å². The van der Waals surface area contributed by atoms with Gasteiger partial charge in [-0.2, -0.15) is 0 Å². The molecular weight excluding hydrogens is 725 g/mol. The molecule has 9 nitrogen and oxygen atoms in total. The van der Waals surface area contributed by atoms with Crippen LogP contribution in [0.25, 0.3) is 0 Å². The van der Waals surface area contributed by atoms with Gasteiger partial charge in [-0.1, -0.05) is 185 Å². The summed E-state index contributed by atoms with van der Waals surface area (Å²) in [6.45, 7) is 22.2. The Bertz CT molecular complexity index is 1010. The van der Waals surface area contributed by atoms with E-state index in [0.717, 1.165) is 62.2 Å². The molecule has 8 unspecified atom stereocenters. The lowest BCUT2D eigenvalue weighted by atomic mass is 9.91. The fraction of sp³-hybridized carbons (Fsp3) is 0.957. The third-order valence-electron chi connectivity index (χ3n) is 11.3. The summed E-state index contributed by atoms with van der Waals surface area (Å²) in [6.07, 6.45) is 21.2. The summed E-state index contributed by atoms with van der Waals surface area (Å²) in [5, 5.41) is 2.81. The van der Waals surface area contributed by atoms with Crippen molar-refractivity contribution in [3.63, 3.8) is 0 Å². The summed E-state index contributed by atoms with van der Waals surface area (Å²) < 4.78 is 33.4. The Hall–Kier alpha value is -0.990. The molecule has 10 heteroatoms. The van der Waals surface area contributed by atoms with Gasteiger partial charge in [-0.05, 0) is 54.4 Å². The Morgan fingerprint density at radius 2 is 0.875 bits per heavy atom. The lowest BCUT2D eigenvalue weighted by Crippen LogP contribution is -2.31. The zero-order valence-electron chi connectivity index (χ0n) is 38.4. The van der Waals surface area contributed by atoms with Gasteiger partial charge in [0, 0.05) is 19.4 Å². The maximum Gasteiger partial charge on any atom is 0.306 e. The van der Waals surface area contributed by atoms with Gasteiger partial charge in [-0.3, -0.25) is 14.2 Å². The number of carbonyl (C=O) groups is 2. The summed E-state index contributed by atoms with van der Waals surface area (Å²) in [4.78, 5) is 38.1. The molecule has 334 valence electrons. The number of hydrogen-bond acceptors (Lipinski definition) is 9. The molecule has 0 fully saturated rings. The van der Waals surface area contributed by atoms with Gasteiger partial charge in [-0.25, -0.2) is 0 Å². The molecule has 8 atom stereocenters. The van der Waals surface area contributed by atoms with Crippen LogP contribution in [-0.2, 0) is 32.7 Å². The molecule has 0 aromatic carbocycles. The molecule has 0 saturated heterocycles. The largest absolute Gasteiger partial charge is 0.756 e. The second kappa shape index (κ2) is 33.8. The van der Waals surface area contributed by atoms with Crippen LogP contribution in [0.3, 0.4) is 0 Å². The van der Waals surface area contributed by atoms with Crippen molar-refractivity contribution >= 4 is 19.8 Å². The number of nitrogens with one attached hydrogen (secondary N) is 1. The van der Waals surface area contributed by atoms with Crippen molar-refractivity contribution in [2.45, 2.75) is 204 Å². The molecule has 0 aromatic heterocycles. The van der Waals surface area contributed by atoms with Gasteiger partial charge in [-0.15, -0.1) is 0 Å². The molecular formula is C46H91NO8P-. The Kier molecular flexibility index (Phi) is 33.2. The van der Waals surface area contributed by atoms with E-state index in [4.69, 9.17) is 18.5 Å². The first-order valence-corrected chi connectivity index (χ1v) is 24.5. The van der Waals surface area contributed by atoms with E-state index in [1.165, 1.54) is 77.0 Å². The standard InChI is InChI=1S/C46H92NO8P/c1-36(2)18-12-20-38(5)22-14-24-40(7)26-16-28-42(9)32-45(48)52-34-44(35-54-56(50,51)53-31-30-47-11)55-46(49)33-43(10)29-17-27-41(8)25-15-23-39(6)21-13-19-37(3)4/h36-44,47H,12-35H2,1-11H3,(H,50,51)/p-1. The van der Waals surface area contributed by atoms with E-state index in [9.17, 15) is 19.0 Å². The van der Waals surface area contributed by atoms with Crippen LogP contribution in [0.2, 0.25) is 0 Å². The van der Waals surface area contributed by atoms with Crippen LogP contribution < -0.4 is 10.2 Å². The van der Waals surface area contributed by atoms with E-state index in [1.807, 2.05) is 6.92 Å². The molecule has 1 N–H and O–H groups in total. The Balaban J connectivity index is 4.70. The first kappa shape index (κ1) is 55.0. The Labute approximate surface area is 346 Å². The van der Waals surface area contributed by atoms with Crippen molar-refractivity contribution in [3.8, 4) is 0 Å². The van der Waals surface area contributed by atoms with Crippen LogP contribution in [0.1, 0.15) is 198 Å². The minimum atomic E-state index is -4.63. The third kappa shape index (κ3) is 35.0. The quantitative estimate of drug-likeness (QED) is 0.0368. The predicted molar refractivity (Wildman–Crippen MR) is 231 cm³/mol. The number of hydrogen-bond donors (Lipinski definition) is 1. The van der Waals surface area contributed by atoms with Gasteiger partial charge in [0.15, 0.2) is 6.10 Å². The van der Waals surface area contributed by atoms with E-state index >= 15 is 0 Å². The number of rotatable bonds is 38. The molecule has 0 heterocycles. The molecule has 0 radical (unpaired) electrons. The van der Waals surface area contributed by atoms with E-state index in [1.54, 1.807) is 7.05 Å². The first-order chi connectivity index (χ1) is 26.4. The highest BCUT2D eigenvalue weighted by Gasteiger charge is 2.23. The number of ether oxygens (including phenoxy) is 2. The van der Waals surface area contributed by atoms with Gasteiger partial charge in [0.25, 0.3) is 7.82 Å². The second-order valence-corrected chi connectivity index (χ2v) is 20.3. The normalized spacial score (nSPS) is 16.9. The number of phosphoric ester groups is 1. The lowest BCUT2D eigenvalue weighted by Gasteiger charge is -2.26. The number of phosphoric acid groups is 1. The molecule has 0 rings (SSSR count). The molecule has 0 aromatic rings. The topological polar surface area (TPSA) is 123 Å². The highest BCUT2D eigenvalue weighted by molar-refractivity contribution is 7.45. The number of carbonyl (C=O) groups excluding carboxylic acids is 2. The summed E-state index contributed by atoms with van der Waals surface area (Å²) >= 11 is 0. The van der Waals surface area contributed by atoms with Crippen LogP contribution in [-0.4, -0.2) is 51.5 Å². The van der Waals surface area contributed by atoms with Crippen molar-refractivity contribution < 1.29 is 37.6 Å². The zero-order chi connectivity index (χ0) is 42.4. The predicted octanol–water partition coefficient (Wildman–Crippen LogP) is 12.1. The number of likely N-dealkylation sites (N-methyl/N-ethyl adjacent to an activating group) is 1. The summed E-state index contributed by atoms with van der Waals surface area (Å²) in [5.74, 6) is 3.92. The maximum absolute atomic E-state index is 13.0.